The summed E-state index contributed by atoms with van der Waals surface area (Å²) >= 11 is 0. The van der Waals surface area contributed by atoms with E-state index in [1.54, 1.807) is 0 Å². The standard InChI is InChI=1S/C9H21N3O3S/c1-3-11-8(2)7-9(13)12-5-4-6-16(10,14)15/h8,11H,3-7H2,1-2H3,(H,12,13)(H2,10,14,15). The zero-order valence-corrected chi connectivity index (χ0v) is 10.6. The van der Waals surface area contributed by atoms with Crippen LogP contribution in [0.4, 0.5) is 0 Å². The number of rotatable bonds is 8. The number of carbonyl (C=O) groups excluding carboxylic acids is 1. The second-order valence-corrected chi connectivity index (χ2v) is 5.47. The summed E-state index contributed by atoms with van der Waals surface area (Å²) in [6, 6.07) is 0.128. The highest BCUT2D eigenvalue weighted by atomic mass is 32.2. The summed E-state index contributed by atoms with van der Waals surface area (Å²) in [6.45, 7) is 5.06. The summed E-state index contributed by atoms with van der Waals surface area (Å²) in [7, 11) is -3.42. The van der Waals surface area contributed by atoms with E-state index in [0.29, 0.717) is 19.4 Å². The SMILES string of the molecule is CCNC(C)CC(=O)NCCCS(N)(=O)=O. The van der Waals surface area contributed by atoms with Crippen LogP contribution in [-0.2, 0) is 14.8 Å². The van der Waals surface area contributed by atoms with Crippen molar-refractivity contribution < 1.29 is 13.2 Å². The van der Waals surface area contributed by atoms with E-state index in [9.17, 15) is 13.2 Å². The van der Waals surface area contributed by atoms with Crippen molar-refractivity contribution in [3.8, 4) is 0 Å². The van der Waals surface area contributed by atoms with Crippen molar-refractivity contribution >= 4 is 15.9 Å². The van der Waals surface area contributed by atoms with Crippen LogP contribution in [-0.4, -0.2) is 39.2 Å². The lowest BCUT2D eigenvalue weighted by molar-refractivity contribution is -0.121. The molecule has 0 rings (SSSR count). The van der Waals surface area contributed by atoms with Gasteiger partial charge >= 0.3 is 0 Å². The maximum Gasteiger partial charge on any atom is 0.221 e. The number of carbonyl (C=O) groups is 1. The van der Waals surface area contributed by atoms with Gasteiger partial charge in [0.25, 0.3) is 0 Å². The maximum atomic E-state index is 11.3. The van der Waals surface area contributed by atoms with Crippen LogP contribution in [0.3, 0.4) is 0 Å². The van der Waals surface area contributed by atoms with Crippen LogP contribution >= 0.6 is 0 Å². The summed E-state index contributed by atoms with van der Waals surface area (Å²) in [4.78, 5) is 11.3. The quantitative estimate of drug-likeness (QED) is 0.490. The van der Waals surface area contributed by atoms with Crippen molar-refractivity contribution in [2.45, 2.75) is 32.7 Å². The molecule has 0 fully saturated rings. The Hall–Kier alpha value is -0.660. The fourth-order valence-electron chi connectivity index (χ4n) is 1.27. The second kappa shape index (κ2) is 7.59. The van der Waals surface area contributed by atoms with Crippen molar-refractivity contribution in [1.29, 1.82) is 0 Å². The number of nitrogens with one attached hydrogen (secondary N) is 2. The largest absolute Gasteiger partial charge is 0.356 e. The molecule has 0 saturated heterocycles. The monoisotopic (exact) mass is 251 g/mol. The third kappa shape index (κ3) is 9.88. The molecule has 1 amide bonds. The van der Waals surface area contributed by atoms with Crippen molar-refractivity contribution in [3.63, 3.8) is 0 Å². The fraction of sp³-hybridized carbons (Fsp3) is 0.889. The molecule has 0 radical (unpaired) electrons. The zero-order valence-electron chi connectivity index (χ0n) is 9.82. The van der Waals surface area contributed by atoms with Gasteiger partial charge in [0.1, 0.15) is 0 Å². The lowest BCUT2D eigenvalue weighted by atomic mass is 10.2. The van der Waals surface area contributed by atoms with Gasteiger partial charge in [0.15, 0.2) is 0 Å². The van der Waals surface area contributed by atoms with E-state index in [2.05, 4.69) is 10.6 Å². The van der Waals surface area contributed by atoms with E-state index in [-0.39, 0.29) is 17.7 Å². The van der Waals surface area contributed by atoms with Crippen LogP contribution in [0, 0.1) is 0 Å². The molecule has 0 aliphatic carbocycles. The van der Waals surface area contributed by atoms with Crippen LogP contribution in [0.5, 0.6) is 0 Å². The predicted molar refractivity (Wildman–Crippen MR) is 63.4 cm³/mol. The van der Waals surface area contributed by atoms with Gasteiger partial charge in [-0.3, -0.25) is 4.79 Å². The molecule has 0 spiro atoms. The Kier molecular flexibility index (Phi) is 7.27. The van der Waals surface area contributed by atoms with Crippen LogP contribution < -0.4 is 15.8 Å². The molecule has 1 atom stereocenters. The molecule has 0 aliphatic rings. The molecule has 0 bridgehead atoms. The lowest BCUT2D eigenvalue weighted by Crippen LogP contribution is -2.34. The molecule has 7 heteroatoms. The Bertz CT molecular complexity index is 303. The third-order valence-corrected chi connectivity index (χ3v) is 2.83. The smallest absolute Gasteiger partial charge is 0.221 e. The zero-order chi connectivity index (χ0) is 12.6. The molecular weight excluding hydrogens is 230 g/mol. The first-order chi connectivity index (χ1) is 7.35. The van der Waals surface area contributed by atoms with Gasteiger partial charge in [-0.15, -0.1) is 0 Å². The minimum absolute atomic E-state index is 0.0807. The highest BCUT2D eigenvalue weighted by Gasteiger charge is 2.07. The number of hydrogen-bond acceptors (Lipinski definition) is 4. The summed E-state index contributed by atoms with van der Waals surface area (Å²) in [5, 5.41) is 10.6. The molecule has 16 heavy (non-hydrogen) atoms. The van der Waals surface area contributed by atoms with Gasteiger partial charge in [-0.05, 0) is 19.9 Å². The van der Waals surface area contributed by atoms with Crippen LogP contribution in [0.2, 0.25) is 0 Å². The second-order valence-electron chi connectivity index (χ2n) is 3.73. The topological polar surface area (TPSA) is 101 Å². The molecule has 0 aromatic heterocycles. The van der Waals surface area contributed by atoms with E-state index in [1.807, 2.05) is 13.8 Å². The number of amides is 1. The Morgan fingerprint density at radius 1 is 1.44 bits per heavy atom. The van der Waals surface area contributed by atoms with Crippen LogP contribution in [0.25, 0.3) is 0 Å². The molecule has 0 aromatic rings. The summed E-state index contributed by atoms with van der Waals surface area (Å²) < 4.78 is 21.2. The number of sulfonamides is 1. The molecule has 1 unspecified atom stereocenters. The van der Waals surface area contributed by atoms with E-state index < -0.39 is 10.0 Å². The van der Waals surface area contributed by atoms with Crippen molar-refractivity contribution in [3.05, 3.63) is 0 Å². The van der Waals surface area contributed by atoms with E-state index in [1.165, 1.54) is 0 Å². The highest BCUT2D eigenvalue weighted by Crippen LogP contribution is 1.90. The summed E-state index contributed by atoms with van der Waals surface area (Å²) in [6.07, 6.45) is 0.739. The average Bonchev–Trinajstić information content (AvgIpc) is 2.11. The van der Waals surface area contributed by atoms with Gasteiger partial charge in [0, 0.05) is 19.0 Å². The van der Waals surface area contributed by atoms with E-state index in [4.69, 9.17) is 5.14 Å². The molecule has 96 valence electrons. The first-order valence-corrected chi connectivity index (χ1v) is 7.07. The maximum absolute atomic E-state index is 11.3. The summed E-state index contributed by atoms with van der Waals surface area (Å²) in [5.41, 5.74) is 0. The number of primary sulfonamides is 1. The molecule has 0 saturated carbocycles. The fourth-order valence-corrected chi connectivity index (χ4v) is 1.82. The van der Waals surface area contributed by atoms with Gasteiger partial charge in [-0.25, -0.2) is 13.6 Å². The Morgan fingerprint density at radius 3 is 2.56 bits per heavy atom. The van der Waals surface area contributed by atoms with E-state index in [0.717, 1.165) is 6.54 Å². The van der Waals surface area contributed by atoms with Gasteiger partial charge in [-0.2, -0.15) is 0 Å². The average molecular weight is 251 g/mol. The van der Waals surface area contributed by atoms with Crippen LogP contribution in [0.1, 0.15) is 26.7 Å². The molecular formula is C9H21N3O3S. The predicted octanol–water partition coefficient (Wildman–Crippen LogP) is -0.831. The van der Waals surface area contributed by atoms with Crippen molar-refractivity contribution in [2.75, 3.05) is 18.8 Å². The minimum atomic E-state index is -3.42. The molecule has 0 aliphatic heterocycles. The third-order valence-electron chi connectivity index (χ3n) is 1.97. The first kappa shape index (κ1) is 15.3. The van der Waals surface area contributed by atoms with Crippen molar-refractivity contribution in [2.24, 2.45) is 5.14 Å². The first-order valence-electron chi connectivity index (χ1n) is 5.35. The van der Waals surface area contributed by atoms with Crippen LogP contribution in [0.15, 0.2) is 0 Å². The van der Waals surface area contributed by atoms with Gasteiger partial charge in [0.2, 0.25) is 15.9 Å². The Labute approximate surface area is 97.0 Å². The Balaban J connectivity index is 3.59. The Morgan fingerprint density at radius 2 is 2.06 bits per heavy atom. The van der Waals surface area contributed by atoms with Crippen molar-refractivity contribution in [1.82, 2.24) is 10.6 Å². The number of hydrogen-bond donors (Lipinski definition) is 3. The summed E-state index contributed by atoms with van der Waals surface area (Å²) in [5.74, 6) is -0.182. The van der Waals surface area contributed by atoms with E-state index >= 15 is 0 Å². The molecule has 6 nitrogen and oxygen atoms in total. The highest BCUT2D eigenvalue weighted by molar-refractivity contribution is 7.89. The van der Waals surface area contributed by atoms with Gasteiger partial charge in [-0.1, -0.05) is 6.92 Å². The molecule has 0 heterocycles. The van der Waals surface area contributed by atoms with Gasteiger partial charge in [0.05, 0.1) is 5.75 Å². The molecule has 4 N–H and O–H groups in total. The van der Waals surface area contributed by atoms with Gasteiger partial charge < -0.3 is 10.6 Å². The molecule has 0 aromatic carbocycles. The lowest BCUT2D eigenvalue weighted by Gasteiger charge is -2.11. The normalized spacial score (nSPS) is 13.4. The minimum Gasteiger partial charge on any atom is -0.356 e. The number of nitrogens with two attached hydrogens (primary N) is 1.